The number of cyclic esters (lactones) is 1. The highest BCUT2D eigenvalue weighted by atomic mass is 127. The summed E-state index contributed by atoms with van der Waals surface area (Å²) in [5, 5.41) is 8.50. The van der Waals surface area contributed by atoms with E-state index >= 15 is 4.39 Å². The summed E-state index contributed by atoms with van der Waals surface area (Å²) in [5.41, 5.74) is 4.50. The number of nitrogens with one attached hydrogen (secondary N) is 3. The molecule has 6 atom stereocenters. The number of benzene rings is 1. The molecule has 44 heavy (non-hydrogen) atoms. The fourth-order valence-corrected chi connectivity index (χ4v) is 7.18. The Morgan fingerprint density at radius 3 is 2.57 bits per heavy atom. The summed E-state index contributed by atoms with van der Waals surface area (Å²) in [4.78, 5) is 45.0. The third kappa shape index (κ3) is 7.71. The Bertz CT molecular complexity index is 1440. The molecular formula is C33H45FIN5O4. The van der Waals surface area contributed by atoms with Gasteiger partial charge in [-0.25, -0.2) is 14.8 Å². The van der Waals surface area contributed by atoms with Gasteiger partial charge in [0.05, 0.1) is 23.3 Å². The zero-order valence-electron chi connectivity index (χ0n) is 26.6. The van der Waals surface area contributed by atoms with E-state index in [1.165, 1.54) is 5.01 Å². The summed E-state index contributed by atoms with van der Waals surface area (Å²) >= 11 is -1.12. The van der Waals surface area contributed by atoms with Gasteiger partial charge in [0.2, 0.25) is 5.91 Å². The lowest BCUT2D eigenvalue weighted by molar-refractivity contribution is -0.157. The predicted octanol–water partition coefficient (Wildman–Crippen LogP) is 4.96. The van der Waals surface area contributed by atoms with Gasteiger partial charge < -0.3 is 10.1 Å². The van der Waals surface area contributed by atoms with Crippen LogP contribution >= 0.6 is 20.7 Å². The van der Waals surface area contributed by atoms with E-state index in [1.54, 1.807) is 20.8 Å². The number of esters is 1. The van der Waals surface area contributed by atoms with Crippen molar-refractivity contribution >= 4 is 60.0 Å². The third-order valence-electron chi connectivity index (χ3n) is 8.43. The number of rotatable bonds is 3. The number of hydrogen-bond acceptors (Lipinski definition) is 7. The van der Waals surface area contributed by atoms with Crippen molar-refractivity contribution in [3.8, 4) is 0 Å². The summed E-state index contributed by atoms with van der Waals surface area (Å²) in [6.07, 6.45) is 4.38. The molecule has 2 amide bonds. The molecule has 0 aliphatic carbocycles. The van der Waals surface area contributed by atoms with Crippen LogP contribution in [0.5, 0.6) is 0 Å². The van der Waals surface area contributed by atoms with E-state index in [2.05, 4.69) is 20.6 Å². The van der Waals surface area contributed by atoms with Crippen molar-refractivity contribution in [3.63, 3.8) is 0 Å². The minimum absolute atomic E-state index is 0.199. The minimum Gasteiger partial charge on any atom is -0.455 e. The van der Waals surface area contributed by atoms with Crippen LogP contribution in [0, 0.1) is 11.3 Å². The van der Waals surface area contributed by atoms with Crippen LogP contribution in [-0.2, 0) is 19.1 Å². The third-order valence-corrected chi connectivity index (χ3v) is 10.5. The SMILES string of the molecule is C=IC(C)(F)C1NC(C(C)C)C(=O)NC(C)C(=O)N2CCC[C@H](N2)C(=O)O[C@H](C)c2ccc3ccc(cc3n2)/C=C/C1(C)C. The number of pyridine rings is 1. The summed E-state index contributed by atoms with van der Waals surface area (Å²) in [7, 11) is 0. The first kappa shape index (κ1) is 34.1. The topological polar surface area (TPSA) is 113 Å². The van der Waals surface area contributed by atoms with Gasteiger partial charge in [-0.15, -0.1) is 0 Å². The van der Waals surface area contributed by atoms with Crippen LogP contribution in [0.25, 0.3) is 17.0 Å². The summed E-state index contributed by atoms with van der Waals surface area (Å²) in [6.45, 7) is 13.0. The van der Waals surface area contributed by atoms with E-state index in [4.69, 9.17) is 9.72 Å². The number of fused-ring (bicyclic) bond motifs is 4. The fraction of sp³-hybridized carbons (Fsp3) is 0.545. The van der Waals surface area contributed by atoms with Crippen molar-refractivity contribution in [1.29, 1.82) is 0 Å². The summed E-state index contributed by atoms with van der Waals surface area (Å²) in [6, 6.07) is 6.57. The number of ether oxygens (including phenoxy) is 1. The second-order valence-electron chi connectivity index (χ2n) is 12.9. The van der Waals surface area contributed by atoms with Gasteiger partial charge in [-0.3, -0.25) is 24.7 Å². The molecule has 0 radical (unpaired) electrons. The number of nitrogens with zero attached hydrogens (tertiary/aromatic N) is 2. The number of hydrogen-bond donors (Lipinski definition) is 3. The molecule has 4 unspecified atom stereocenters. The highest BCUT2D eigenvalue weighted by Crippen LogP contribution is 2.40. The van der Waals surface area contributed by atoms with E-state index in [0.29, 0.717) is 25.1 Å². The predicted molar refractivity (Wildman–Crippen MR) is 181 cm³/mol. The monoisotopic (exact) mass is 721 g/mol. The number of amides is 2. The molecule has 0 saturated carbocycles. The first-order valence-corrected chi connectivity index (χ1v) is 17.8. The van der Waals surface area contributed by atoms with Gasteiger partial charge in [0, 0.05) is 17.3 Å². The first-order valence-electron chi connectivity index (χ1n) is 15.2. The van der Waals surface area contributed by atoms with Crippen LogP contribution < -0.4 is 16.1 Å². The Labute approximate surface area is 269 Å². The highest BCUT2D eigenvalue weighted by Gasteiger charge is 2.44. The molecule has 9 nitrogen and oxygen atoms in total. The Hall–Kier alpha value is -2.77. The van der Waals surface area contributed by atoms with Crippen LogP contribution in [-0.4, -0.2) is 66.7 Å². The van der Waals surface area contributed by atoms with Gasteiger partial charge in [0.15, 0.2) is 3.68 Å². The zero-order chi connectivity index (χ0) is 32.4. The smallest absolute Gasteiger partial charge is 0.325 e. The van der Waals surface area contributed by atoms with Gasteiger partial charge >= 0.3 is 5.97 Å². The van der Waals surface area contributed by atoms with Crippen molar-refractivity contribution in [1.82, 2.24) is 26.1 Å². The van der Waals surface area contributed by atoms with E-state index in [1.807, 2.05) is 70.2 Å². The van der Waals surface area contributed by atoms with Crippen LogP contribution in [0.2, 0.25) is 0 Å². The number of halogens is 2. The normalized spacial score (nSPS) is 29.2. The van der Waals surface area contributed by atoms with E-state index in [9.17, 15) is 14.4 Å². The average molecular weight is 722 g/mol. The lowest BCUT2D eigenvalue weighted by Crippen LogP contribution is -2.63. The zero-order valence-corrected chi connectivity index (χ0v) is 28.8. The minimum atomic E-state index is -1.65. The van der Waals surface area contributed by atoms with E-state index < -0.39 is 72.0 Å². The number of aromatic nitrogens is 1. The largest absolute Gasteiger partial charge is 0.455 e. The Balaban J connectivity index is 1.78. The van der Waals surface area contributed by atoms with E-state index in [-0.39, 0.29) is 11.8 Å². The molecule has 2 aliphatic heterocycles. The maximum Gasteiger partial charge on any atom is 0.325 e. The van der Waals surface area contributed by atoms with Crippen LogP contribution in [0.4, 0.5) is 4.39 Å². The Morgan fingerprint density at radius 1 is 1.18 bits per heavy atom. The van der Waals surface area contributed by atoms with Gasteiger partial charge in [-0.2, -0.15) is 0 Å². The molecule has 1 saturated heterocycles. The van der Waals surface area contributed by atoms with Crippen LogP contribution in [0.3, 0.4) is 0 Å². The molecule has 11 heteroatoms. The standard InChI is InChI=1S/C33H45FIN5O4/c1-19(2)27-28(41)36-20(3)29(42)40-17-9-10-25(39-40)30(43)44-21(4)24-14-13-23-12-11-22(18-26(23)37-24)15-16-32(5,6)31(38-27)33(7,34)35-8/h11-16,18-21,25,27,31,38-39H,8-10,17H2,1-7H3,(H,36,41)/b16-15+/t20?,21-,25+,27?,31?,33?/m1/s1. The molecule has 3 heterocycles. The van der Waals surface area contributed by atoms with Crippen molar-refractivity contribution in [2.45, 2.75) is 95.3 Å². The van der Waals surface area contributed by atoms with Gasteiger partial charge in [0.25, 0.3) is 5.91 Å². The van der Waals surface area contributed by atoms with Gasteiger partial charge in [-0.1, -0.05) is 83.3 Å². The number of hydrazine groups is 1. The molecule has 1 aromatic carbocycles. The van der Waals surface area contributed by atoms with E-state index in [0.717, 1.165) is 16.5 Å². The molecule has 3 N–H and O–H groups in total. The molecule has 1 aromatic heterocycles. The van der Waals surface area contributed by atoms with Gasteiger partial charge in [-0.05, 0) is 57.2 Å². The summed E-state index contributed by atoms with van der Waals surface area (Å²) < 4.78 is 24.4. The number of alkyl halides is 2. The molecule has 2 aromatic rings. The Kier molecular flexibility index (Phi) is 10.6. The van der Waals surface area contributed by atoms with Crippen molar-refractivity contribution in [2.75, 3.05) is 6.54 Å². The molecule has 2 aliphatic rings. The Morgan fingerprint density at radius 2 is 1.89 bits per heavy atom. The lowest BCUT2D eigenvalue weighted by Gasteiger charge is -2.42. The maximum absolute atomic E-state index is 16.3. The molecule has 5 bridgehead atoms. The highest BCUT2D eigenvalue weighted by molar-refractivity contribution is 14.2. The van der Waals surface area contributed by atoms with Crippen molar-refractivity contribution in [3.05, 3.63) is 47.7 Å². The van der Waals surface area contributed by atoms with Crippen LogP contribution in [0.1, 0.15) is 78.7 Å². The second kappa shape index (κ2) is 13.7. The van der Waals surface area contributed by atoms with Crippen LogP contribution in [0.15, 0.2) is 36.4 Å². The molecule has 1 fully saturated rings. The molecular weight excluding hydrogens is 676 g/mol. The number of carbonyl (C=O) groups excluding carboxylic acids is 3. The molecule has 0 spiro atoms. The fourth-order valence-electron chi connectivity index (χ4n) is 5.76. The maximum atomic E-state index is 16.3. The van der Waals surface area contributed by atoms with Crippen molar-refractivity contribution < 1.29 is 23.5 Å². The average Bonchev–Trinajstić information content (AvgIpc) is 2.98. The second-order valence-corrected chi connectivity index (χ2v) is 15.7. The first-order chi connectivity index (χ1) is 20.6. The summed E-state index contributed by atoms with van der Waals surface area (Å²) in [5.74, 6) is -1.44. The van der Waals surface area contributed by atoms with Gasteiger partial charge in [0.1, 0.15) is 18.2 Å². The quantitative estimate of drug-likeness (QED) is 0.234. The number of carbonyl (C=O) groups is 3. The lowest BCUT2D eigenvalue weighted by atomic mass is 9.80. The molecule has 4 rings (SSSR count). The van der Waals surface area contributed by atoms with Crippen molar-refractivity contribution in [2.24, 2.45) is 11.3 Å². The molecule has 240 valence electrons.